The van der Waals surface area contributed by atoms with E-state index in [1.54, 1.807) is 5.56 Å². The summed E-state index contributed by atoms with van der Waals surface area (Å²) in [4.78, 5) is 0. The van der Waals surface area contributed by atoms with Crippen LogP contribution in [0, 0.1) is 0 Å². The van der Waals surface area contributed by atoms with Crippen molar-refractivity contribution in [1.82, 2.24) is 5.32 Å². The number of hydrogen-bond acceptors (Lipinski definition) is 2. The molecule has 1 heterocycles. The number of rotatable bonds is 1. The van der Waals surface area contributed by atoms with E-state index in [9.17, 15) is 0 Å². The summed E-state index contributed by atoms with van der Waals surface area (Å²) in [6.45, 7) is 2.23. The Morgan fingerprint density at radius 1 is 1.12 bits per heavy atom. The molecule has 0 aromatic heterocycles. The summed E-state index contributed by atoms with van der Waals surface area (Å²) in [7, 11) is 1.84. The molecule has 1 aromatic rings. The van der Waals surface area contributed by atoms with Crippen LogP contribution in [0.25, 0.3) is 0 Å². The van der Waals surface area contributed by atoms with Crippen molar-refractivity contribution < 1.29 is 4.74 Å². The number of methoxy groups -OCH3 is 1. The Labute approximate surface area is 97.0 Å². The number of ether oxygens (including phenoxy) is 1. The molecule has 1 aliphatic heterocycles. The van der Waals surface area contributed by atoms with Crippen molar-refractivity contribution in [3.63, 3.8) is 0 Å². The summed E-state index contributed by atoms with van der Waals surface area (Å²) in [5.74, 6) is 0. The molecule has 1 unspecified atom stereocenters. The molecule has 0 radical (unpaired) electrons. The summed E-state index contributed by atoms with van der Waals surface area (Å²) >= 11 is 0. The fourth-order valence-corrected chi connectivity index (χ4v) is 3.13. The molecule has 2 heteroatoms. The summed E-state index contributed by atoms with van der Waals surface area (Å²) in [6, 6.07) is 4.65. The molecule has 86 valence electrons. The normalized spacial score (nSPS) is 23.7. The second-order valence-electron chi connectivity index (χ2n) is 4.79. The number of nitrogens with one attached hydrogen (secondary N) is 1. The van der Waals surface area contributed by atoms with E-state index in [2.05, 4.69) is 17.4 Å². The Kier molecular flexibility index (Phi) is 2.70. The summed E-state index contributed by atoms with van der Waals surface area (Å²) in [5.41, 5.74) is 6.15. The molecule has 0 spiro atoms. The SMILES string of the molecule is COC1CCc2ccc3c(c21)CCNCC3. The minimum Gasteiger partial charge on any atom is -0.377 e. The zero-order valence-corrected chi connectivity index (χ0v) is 9.88. The van der Waals surface area contributed by atoms with Gasteiger partial charge in [0.2, 0.25) is 0 Å². The largest absolute Gasteiger partial charge is 0.377 e. The molecule has 3 rings (SSSR count). The van der Waals surface area contributed by atoms with Gasteiger partial charge in [0.1, 0.15) is 0 Å². The highest BCUT2D eigenvalue weighted by Gasteiger charge is 2.26. The Morgan fingerprint density at radius 3 is 2.81 bits per heavy atom. The van der Waals surface area contributed by atoms with E-state index in [4.69, 9.17) is 4.74 Å². The van der Waals surface area contributed by atoms with E-state index in [1.165, 1.54) is 36.0 Å². The molecule has 2 aliphatic rings. The molecule has 0 fully saturated rings. The maximum atomic E-state index is 5.62. The van der Waals surface area contributed by atoms with Gasteiger partial charge in [-0.05, 0) is 61.0 Å². The van der Waals surface area contributed by atoms with Gasteiger partial charge >= 0.3 is 0 Å². The van der Waals surface area contributed by atoms with Crippen LogP contribution < -0.4 is 5.32 Å². The van der Waals surface area contributed by atoms with Gasteiger partial charge < -0.3 is 10.1 Å². The van der Waals surface area contributed by atoms with E-state index in [0.29, 0.717) is 6.10 Å². The number of hydrogen-bond donors (Lipinski definition) is 1. The fourth-order valence-electron chi connectivity index (χ4n) is 3.13. The second-order valence-corrected chi connectivity index (χ2v) is 4.79. The summed E-state index contributed by atoms with van der Waals surface area (Å²) < 4.78 is 5.62. The minimum absolute atomic E-state index is 0.350. The standard InChI is InChI=1S/C14H19NO/c1-16-13-5-4-11-3-2-10-6-8-15-9-7-12(10)14(11)13/h2-3,13,15H,4-9H2,1H3. The third kappa shape index (κ3) is 1.57. The average molecular weight is 217 g/mol. The molecule has 1 N–H and O–H groups in total. The monoisotopic (exact) mass is 217 g/mol. The van der Waals surface area contributed by atoms with Crippen LogP contribution >= 0.6 is 0 Å². The van der Waals surface area contributed by atoms with Crippen molar-refractivity contribution >= 4 is 0 Å². The van der Waals surface area contributed by atoms with Gasteiger partial charge in [0.05, 0.1) is 6.10 Å². The molecular formula is C14H19NO. The van der Waals surface area contributed by atoms with E-state index in [0.717, 1.165) is 19.5 Å². The zero-order valence-electron chi connectivity index (χ0n) is 9.88. The van der Waals surface area contributed by atoms with Crippen molar-refractivity contribution in [3.05, 3.63) is 34.4 Å². The Bertz CT molecular complexity index is 400. The van der Waals surface area contributed by atoms with Gasteiger partial charge in [-0.3, -0.25) is 0 Å². The first kappa shape index (κ1) is 10.3. The highest BCUT2D eigenvalue weighted by atomic mass is 16.5. The predicted molar refractivity (Wildman–Crippen MR) is 64.8 cm³/mol. The molecule has 1 aliphatic carbocycles. The van der Waals surface area contributed by atoms with Crippen LogP contribution in [0.1, 0.15) is 34.8 Å². The maximum Gasteiger partial charge on any atom is 0.0829 e. The zero-order chi connectivity index (χ0) is 11.0. The van der Waals surface area contributed by atoms with Crippen molar-refractivity contribution in [3.8, 4) is 0 Å². The Balaban J connectivity index is 2.09. The maximum absolute atomic E-state index is 5.62. The lowest BCUT2D eigenvalue weighted by Gasteiger charge is -2.16. The Hall–Kier alpha value is -0.860. The second kappa shape index (κ2) is 4.19. The lowest BCUT2D eigenvalue weighted by molar-refractivity contribution is 0.104. The van der Waals surface area contributed by atoms with Gasteiger partial charge in [0.25, 0.3) is 0 Å². The van der Waals surface area contributed by atoms with Crippen LogP contribution in [0.5, 0.6) is 0 Å². The van der Waals surface area contributed by atoms with Crippen molar-refractivity contribution in [1.29, 1.82) is 0 Å². The van der Waals surface area contributed by atoms with Crippen LogP contribution in [0.2, 0.25) is 0 Å². The third-order valence-corrected chi connectivity index (χ3v) is 3.95. The molecule has 16 heavy (non-hydrogen) atoms. The van der Waals surface area contributed by atoms with Crippen molar-refractivity contribution in [2.45, 2.75) is 31.8 Å². The molecule has 0 saturated heterocycles. The van der Waals surface area contributed by atoms with E-state index >= 15 is 0 Å². The van der Waals surface area contributed by atoms with Gasteiger partial charge in [-0.15, -0.1) is 0 Å². The van der Waals surface area contributed by atoms with Gasteiger partial charge in [-0.25, -0.2) is 0 Å². The predicted octanol–water partition coefficient (Wildman–Crippen LogP) is 2.01. The van der Waals surface area contributed by atoms with Crippen LogP contribution in [0.15, 0.2) is 12.1 Å². The summed E-state index contributed by atoms with van der Waals surface area (Å²) in [6.07, 6.45) is 5.03. The number of benzene rings is 1. The van der Waals surface area contributed by atoms with Crippen LogP contribution in [0.3, 0.4) is 0 Å². The molecule has 0 amide bonds. The molecule has 1 atom stereocenters. The number of fused-ring (bicyclic) bond motifs is 3. The minimum atomic E-state index is 0.350. The quantitative estimate of drug-likeness (QED) is 0.777. The Morgan fingerprint density at radius 2 is 1.94 bits per heavy atom. The van der Waals surface area contributed by atoms with Crippen LogP contribution in [-0.4, -0.2) is 20.2 Å². The van der Waals surface area contributed by atoms with Crippen molar-refractivity contribution in [2.24, 2.45) is 0 Å². The first-order valence-electron chi connectivity index (χ1n) is 6.27. The van der Waals surface area contributed by atoms with Gasteiger partial charge in [-0.1, -0.05) is 12.1 Å². The first-order chi connectivity index (χ1) is 7.90. The van der Waals surface area contributed by atoms with E-state index in [-0.39, 0.29) is 0 Å². The lowest BCUT2D eigenvalue weighted by atomic mass is 9.93. The van der Waals surface area contributed by atoms with E-state index in [1.807, 2.05) is 7.11 Å². The third-order valence-electron chi connectivity index (χ3n) is 3.95. The van der Waals surface area contributed by atoms with Gasteiger partial charge in [-0.2, -0.15) is 0 Å². The molecule has 1 aromatic carbocycles. The van der Waals surface area contributed by atoms with Crippen LogP contribution in [0.4, 0.5) is 0 Å². The number of aryl methyl sites for hydroxylation is 1. The average Bonchev–Trinajstić information content (AvgIpc) is 2.58. The fraction of sp³-hybridized carbons (Fsp3) is 0.571. The van der Waals surface area contributed by atoms with Crippen molar-refractivity contribution in [2.75, 3.05) is 20.2 Å². The first-order valence-corrected chi connectivity index (χ1v) is 6.27. The van der Waals surface area contributed by atoms with E-state index < -0.39 is 0 Å². The summed E-state index contributed by atoms with van der Waals surface area (Å²) in [5, 5.41) is 3.48. The van der Waals surface area contributed by atoms with Gasteiger partial charge in [0, 0.05) is 7.11 Å². The molecular weight excluding hydrogens is 198 g/mol. The lowest BCUT2D eigenvalue weighted by Crippen LogP contribution is -2.16. The smallest absolute Gasteiger partial charge is 0.0829 e. The highest BCUT2D eigenvalue weighted by Crippen LogP contribution is 2.38. The van der Waals surface area contributed by atoms with Crippen LogP contribution in [-0.2, 0) is 24.0 Å². The molecule has 0 bridgehead atoms. The van der Waals surface area contributed by atoms with Gasteiger partial charge in [0.15, 0.2) is 0 Å². The molecule has 2 nitrogen and oxygen atoms in total. The molecule has 0 saturated carbocycles. The highest BCUT2D eigenvalue weighted by molar-refractivity contribution is 5.46. The topological polar surface area (TPSA) is 21.3 Å².